The topological polar surface area (TPSA) is 53.8 Å². The average molecular weight is 285 g/mol. The largest absolute Gasteiger partial charge is 0.257 e. The zero-order chi connectivity index (χ0) is 13.9. The Kier molecular flexibility index (Phi) is 2.39. The highest BCUT2D eigenvalue weighted by molar-refractivity contribution is 5.60. The number of hydrogen-bond donors (Lipinski definition) is 2. The molecular weight excluding hydrogens is 266 g/mol. The van der Waals surface area contributed by atoms with Crippen LogP contribution < -0.4 is 16.1 Å². The van der Waals surface area contributed by atoms with Crippen LogP contribution in [0, 0.1) is 11.8 Å². The molecule has 4 fully saturated rings. The number of hydrazine groups is 2. The van der Waals surface area contributed by atoms with Crippen molar-refractivity contribution >= 4 is 11.2 Å². The van der Waals surface area contributed by atoms with Crippen LogP contribution in [-0.2, 0) is 4.84 Å². The van der Waals surface area contributed by atoms with Crippen LogP contribution in [0.4, 0.5) is 5.69 Å². The number of nitrogens with zero attached hydrogens (tertiary/aromatic N) is 3. The van der Waals surface area contributed by atoms with Crippen LogP contribution in [-0.4, -0.2) is 15.3 Å². The maximum absolute atomic E-state index is 6.01. The molecule has 0 unspecified atom stereocenters. The molecule has 6 rings (SSSR count). The molecule has 3 aliphatic carbocycles. The van der Waals surface area contributed by atoms with Gasteiger partial charge in [0.25, 0.3) is 0 Å². The van der Waals surface area contributed by atoms with E-state index in [0.29, 0.717) is 5.92 Å². The first-order valence-electron chi connectivity index (χ1n) is 7.77. The molecule has 0 amide bonds. The molecule has 110 valence electrons. The van der Waals surface area contributed by atoms with E-state index in [-0.39, 0.29) is 5.72 Å². The summed E-state index contributed by atoms with van der Waals surface area (Å²) >= 11 is 0. The quantitative estimate of drug-likeness (QED) is 0.839. The zero-order valence-electron chi connectivity index (χ0n) is 11.8. The molecule has 4 aliphatic rings. The van der Waals surface area contributed by atoms with Gasteiger partial charge in [-0.1, -0.05) is 5.59 Å². The van der Waals surface area contributed by atoms with Crippen molar-refractivity contribution in [3.8, 4) is 0 Å². The molecule has 2 N–H and O–H groups in total. The van der Waals surface area contributed by atoms with Gasteiger partial charge in [0, 0.05) is 12.1 Å². The van der Waals surface area contributed by atoms with Crippen molar-refractivity contribution in [1.29, 1.82) is 0 Å². The molecule has 2 aromatic rings. The third-order valence-corrected chi connectivity index (χ3v) is 5.34. The molecule has 6 heteroatoms. The first-order valence-corrected chi connectivity index (χ1v) is 7.77. The van der Waals surface area contributed by atoms with E-state index in [4.69, 9.17) is 4.84 Å². The van der Waals surface area contributed by atoms with E-state index in [1.807, 2.05) is 28.0 Å². The molecular formula is C15H19N5O. The number of hydrogen-bond acceptors (Lipinski definition) is 5. The van der Waals surface area contributed by atoms with E-state index in [9.17, 15) is 0 Å². The predicted molar refractivity (Wildman–Crippen MR) is 77.8 cm³/mol. The summed E-state index contributed by atoms with van der Waals surface area (Å²) in [5.41, 5.74) is 8.51. The minimum Gasteiger partial charge on any atom is -0.257 e. The van der Waals surface area contributed by atoms with E-state index in [0.717, 1.165) is 23.5 Å². The molecule has 21 heavy (non-hydrogen) atoms. The number of rotatable bonds is 1. The maximum Gasteiger partial charge on any atom is 0.163 e. The van der Waals surface area contributed by atoms with Crippen molar-refractivity contribution in [3.05, 3.63) is 30.6 Å². The van der Waals surface area contributed by atoms with Gasteiger partial charge in [-0.05, 0) is 56.2 Å². The summed E-state index contributed by atoms with van der Waals surface area (Å²) in [6.45, 7) is 0. The lowest BCUT2D eigenvalue weighted by Crippen LogP contribution is -2.57. The molecule has 1 saturated heterocycles. The van der Waals surface area contributed by atoms with Crippen LogP contribution in [0.2, 0.25) is 0 Å². The molecule has 1 aliphatic heterocycles. The fraction of sp³-hybridized carbons (Fsp3) is 0.533. The highest BCUT2D eigenvalue weighted by Crippen LogP contribution is 2.49. The lowest BCUT2D eigenvalue weighted by molar-refractivity contribution is -0.153. The van der Waals surface area contributed by atoms with Crippen molar-refractivity contribution in [2.75, 3.05) is 5.12 Å². The van der Waals surface area contributed by atoms with Crippen molar-refractivity contribution in [3.63, 3.8) is 0 Å². The minimum absolute atomic E-state index is 0.220. The smallest absolute Gasteiger partial charge is 0.163 e. The van der Waals surface area contributed by atoms with Gasteiger partial charge in [-0.15, -0.1) is 0 Å². The van der Waals surface area contributed by atoms with Gasteiger partial charge < -0.3 is 0 Å². The van der Waals surface area contributed by atoms with E-state index in [2.05, 4.69) is 22.2 Å². The minimum atomic E-state index is -0.220. The van der Waals surface area contributed by atoms with Gasteiger partial charge in [-0.25, -0.2) is 9.63 Å². The number of aromatic nitrogens is 2. The van der Waals surface area contributed by atoms with Gasteiger partial charge in [-0.2, -0.15) is 10.5 Å². The van der Waals surface area contributed by atoms with Crippen LogP contribution in [0.3, 0.4) is 0 Å². The number of nitrogens with one attached hydrogen (secondary N) is 2. The molecule has 3 heterocycles. The SMILES string of the molecule is c1cnn2cc(N3NO[C@@]4(CC5CCC4CC5)N3)cc2c1. The summed E-state index contributed by atoms with van der Waals surface area (Å²) in [7, 11) is 0. The number of anilines is 1. The molecule has 1 atom stereocenters. The Labute approximate surface area is 123 Å². The molecule has 2 aromatic heterocycles. The van der Waals surface area contributed by atoms with Gasteiger partial charge >= 0.3 is 0 Å². The molecule has 0 aromatic carbocycles. The van der Waals surface area contributed by atoms with Gasteiger partial charge in [0.05, 0.1) is 17.4 Å². The first-order chi connectivity index (χ1) is 10.3. The lowest BCUT2D eigenvalue weighted by Gasteiger charge is -2.47. The van der Waals surface area contributed by atoms with Crippen molar-refractivity contribution in [2.24, 2.45) is 11.8 Å². The van der Waals surface area contributed by atoms with Gasteiger partial charge in [0.1, 0.15) is 0 Å². The molecule has 2 bridgehead atoms. The van der Waals surface area contributed by atoms with Crippen LogP contribution in [0.5, 0.6) is 0 Å². The molecule has 1 spiro atoms. The Morgan fingerprint density at radius 2 is 2.19 bits per heavy atom. The first kappa shape index (κ1) is 12.0. The maximum atomic E-state index is 6.01. The summed E-state index contributed by atoms with van der Waals surface area (Å²) in [5.74, 6) is 1.41. The van der Waals surface area contributed by atoms with Crippen LogP contribution in [0.25, 0.3) is 5.52 Å². The lowest BCUT2D eigenvalue weighted by atomic mass is 9.66. The Bertz CT molecular complexity index is 645. The zero-order valence-corrected chi connectivity index (χ0v) is 11.8. The van der Waals surface area contributed by atoms with Crippen molar-refractivity contribution in [1.82, 2.24) is 20.6 Å². The second kappa shape index (κ2) is 4.19. The summed E-state index contributed by atoms with van der Waals surface area (Å²) in [6, 6.07) is 6.09. The van der Waals surface area contributed by atoms with Crippen molar-refractivity contribution in [2.45, 2.75) is 37.8 Å². The Balaban J connectivity index is 1.44. The predicted octanol–water partition coefficient (Wildman–Crippen LogP) is 2.00. The van der Waals surface area contributed by atoms with Crippen LogP contribution >= 0.6 is 0 Å². The Hall–Kier alpha value is -1.63. The third-order valence-electron chi connectivity index (χ3n) is 5.34. The van der Waals surface area contributed by atoms with Crippen LogP contribution in [0.1, 0.15) is 32.1 Å². The highest BCUT2D eigenvalue weighted by atomic mass is 16.7. The van der Waals surface area contributed by atoms with E-state index >= 15 is 0 Å². The second-order valence-electron chi connectivity index (χ2n) is 6.54. The summed E-state index contributed by atoms with van der Waals surface area (Å²) < 4.78 is 1.87. The fourth-order valence-corrected chi connectivity index (χ4v) is 4.22. The molecule has 0 radical (unpaired) electrons. The third kappa shape index (κ3) is 1.73. The standard InChI is InChI=1S/C15H19N5O/c1-2-13-8-14(10-19(13)16-7-1)20-17-15(21-18-20)9-11-3-5-12(15)6-4-11/h1-2,7-8,10-12,17-18H,3-6,9H2/t11?,12?,15-/m1/s1. The van der Waals surface area contributed by atoms with Gasteiger partial charge in [-0.3, -0.25) is 4.84 Å². The normalized spacial score (nSPS) is 35.1. The Morgan fingerprint density at radius 1 is 1.29 bits per heavy atom. The Morgan fingerprint density at radius 3 is 2.95 bits per heavy atom. The summed E-state index contributed by atoms with van der Waals surface area (Å²) in [4.78, 5) is 6.01. The number of fused-ring (bicyclic) bond motifs is 3. The van der Waals surface area contributed by atoms with Gasteiger partial charge in [0.15, 0.2) is 5.72 Å². The second-order valence-corrected chi connectivity index (χ2v) is 6.54. The van der Waals surface area contributed by atoms with E-state index < -0.39 is 0 Å². The van der Waals surface area contributed by atoms with Gasteiger partial charge in [0.2, 0.25) is 0 Å². The van der Waals surface area contributed by atoms with Crippen LogP contribution in [0.15, 0.2) is 30.6 Å². The monoisotopic (exact) mass is 285 g/mol. The highest BCUT2D eigenvalue weighted by Gasteiger charge is 2.53. The average Bonchev–Trinajstić information content (AvgIpc) is 3.13. The molecule has 6 nitrogen and oxygen atoms in total. The van der Waals surface area contributed by atoms with E-state index in [1.165, 1.54) is 25.7 Å². The summed E-state index contributed by atoms with van der Waals surface area (Å²) in [6.07, 6.45) is 10.2. The fourth-order valence-electron chi connectivity index (χ4n) is 4.22. The molecule has 3 saturated carbocycles. The van der Waals surface area contributed by atoms with E-state index in [1.54, 1.807) is 6.20 Å². The van der Waals surface area contributed by atoms with Crippen molar-refractivity contribution < 1.29 is 4.84 Å². The summed E-state index contributed by atoms with van der Waals surface area (Å²) in [5, 5.41) is 6.21.